The van der Waals surface area contributed by atoms with Gasteiger partial charge in [-0.3, -0.25) is 0 Å². The third kappa shape index (κ3) is 10.1. The molecule has 0 aliphatic heterocycles. The molecule has 0 aliphatic rings. The molecule has 0 fully saturated rings. The molecule has 0 radical (unpaired) electrons. The Morgan fingerprint density at radius 3 is 0.822 bits per heavy atom. The molecular weight excluding hydrogens is 1080 g/mol. The zero-order valence-electron chi connectivity index (χ0n) is 51.9. The summed E-state index contributed by atoms with van der Waals surface area (Å²) in [4.78, 5) is 0. The van der Waals surface area contributed by atoms with Crippen LogP contribution >= 0.6 is 0 Å². The molecule has 0 nitrogen and oxygen atoms in total. The van der Waals surface area contributed by atoms with Crippen molar-refractivity contribution in [2.75, 3.05) is 0 Å². The zero-order chi connectivity index (χ0) is 61.0. The summed E-state index contributed by atoms with van der Waals surface area (Å²) in [5.74, 6) is 0. The van der Waals surface area contributed by atoms with E-state index in [0.717, 1.165) is 0 Å². The molecule has 428 valence electrons. The van der Waals surface area contributed by atoms with Crippen molar-refractivity contribution in [1.29, 1.82) is 0 Å². The molecule has 90 heavy (non-hydrogen) atoms. The summed E-state index contributed by atoms with van der Waals surface area (Å²) in [5, 5.41) is 15.4. The maximum Gasteiger partial charge on any atom is -0.00210 e. The van der Waals surface area contributed by atoms with E-state index < -0.39 is 0 Å². The van der Waals surface area contributed by atoms with Crippen LogP contribution in [0.2, 0.25) is 0 Å². The third-order valence-corrected chi connectivity index (χ3v) is 18.6. The van der Waals surface area contributed by atoms with Crippen molar-refractivity contribution in [3.8, 4) is 89.0 Å². The molecule has 0 saturated heterocycles. The highest BCUT2D eigenvalue weighted by atomic mass is 14.3. The van der Waals surface area contributed by atoms with Crippen LogP contribution in [0, 0.1) is 41.5 Å². The Bertz CT molecular complexity index is 5310. The largest absolute Gasteiger partial charge is 0.0622 e. The standard InChI is InChI=1S/2C45H34/c1-29-24-30(2)43(31(3)25-29)45-41-18-9-7-16-39(41)44(40-17-8-10-19-42(40)45)38-23-22-36-27-35(20-21-37(36)28-38)34-15-11-14-33(26-34)32-12-5-4-6-13-32;1-29-25-30(2)43(31(3)26-29)45-41-19-11-9-17-39(41)44(40-18-10-12-20-42(40)45)36-24-22-33-27-35(23-21-34(33)28-36)38-16-8-7-15-37(38)32-13-5-4-6-14-32/h2*4-28H,1-3H3. The minimum absolute atomic E-state index is 1.23. The predicted octanol–water partition coefficient (Wildman–Crippen LogP) is 25.5. The van der Waals surface area contributed by atoms with Crippen molar-refractivity contribution in [1.82, 2.24) is 0 Å². The average Bonchev–Trinajstić information content (AvgIpc) is 0.750. The summed E-state index contributed by atoms with van der Waals surface area (Å²) >= 11 is 0. The Hall–Kier alpha value is -10.9. The molecule has 0 amide bonds. The topological polar surface area (TPSA) is 0 Å². The first kappa shape index (κ1) is 55.6. The first-order valence-electron chi connectivity index (χ1n) is 31.5. The molecule has 0 unspecified atom stereocenters. The van der Waals surface area contributed by atoms with Crippen LogP contribution in [0.15, 0.2) is 303 Å². The third-order valence-electron chi connectivity index (χ3n) is 18.6. The van der Waals surface area contributed by atoms with Crippen molar-refractivity contribution in [3.63, 3.8) is 0 Å². The van der Waals surface area contributed by atoms with Crippen LogP contribution in [0.25, 0.3) is 154 Å². The smallest absolute Gasteiger partial charge is 0.00210 e. The van der Waals surface area contributed by atoms with Crippen LogP contribution < -0.4 is 0 Å². The van der Waals surface area contributed by atoms with Crippen molar-refractivity contribution < 1.29 is 0 Å². The average molecular weight is 1150 g/mol. The van der Waals surface area contributed by atoms with Crippen LogP contribution in [0.3, 0.4) is 0 Å². The van der Waals surface area contributed by atoms with Gasteiger partial charge in [0, 0.05) is 0 Å². The van der Waals surface area contributed by atoms with Gasteiger partial charge in [0.15, 0.2) is 0 Å². The summed E-state index contributed by atoms with van der Waals surface area (Å²) in [6.07, 6.45) is 0. The van der Waals surface area contributed by atoms with E-state index in [4.69, 9.17) is 0 Å². The Labute approximate surface area is 528 Å². The number of rotatable bonds is 8. The monoisotopic (exact) mass is 1150 g/mol. The van der Waals surface area contributed by atoms with Gasteiger partial charge in [-0.25, -0.2) is 0 Å². The maximum atomic E-state index is 2.37. The molecule has 0 atom stereocenters. The quantitative estimate of drug-likeness (QED) is 0.133. The van der Waals surface area contributed by atoms with Gasteiger partial charge in [0.1, 0.15) is 0 Å². The fourth-order valence-corrected chi connectivity index (χ4v) is 14.8. The summed E-state index contributed by atoms with van der Waals surface area (Å²) in [5.41, 5.74) is 28.3. The van der Waals surface area contributed by atoms with Gasteiger partial charge in [-0.15, -0.1) is 0 Å². The van der Waals surface area contributed by atoms with Gasteiger partial charge in [-0.1, -0.05) is 284 Å². The van der Waals surface area contributed by atoms with Crippen molar-refractivity contribution in [3.05, 3.63) is 337 Å². The highest BCUT2D eigenvalue weighted by molar-refractivity contribution is 6.24. The van der Waals surface area contributed by atoms with Gasteiger partial charge < -0.3 is 0 Å². The molecule has 0 saturated carbocycles. The summed E-state index contributed by atoms with van der Waals surface area (Å²) in [6, 6.07) is 112. The van der Waals surface area contributed by atoms with Crippen LogP contribution in [-0.4, -0.2) is 0 Å². The number of benzene rings is 16. The highest BCUT2D eigenvalue weighted by Gasteiger charge is 2.22. The Balaban J connectivity index is 0.000000150. The maximum absolute atomic E-state index is 2.37. The summed E-state index contributed by atoms with van der Waals surface area (Å²) in [6.45, 7) is 13.4. The van der Waals surface area contributed by atoms with E-state index in [9.17, 15) is 0 Å². The Kier molecular flexibility index (Phi) is 14.4. The molecule has 16 aromatic carbocycles. The zero-order valence-corrected chi connectivity index (χ0v) is 51.9. The van der Waals surface area contributed by atoms with Gasteiger partial charge >= 0.3 is 0 Å². The minimum Gasteiger partial charge on any atom is -0.0622 e. The number of hydrogen-bond acceptors (Lipinski definition) is 0. The normalized spacial score (nSPS) is 11.4. The van der Waals surface area contributed by atoms with Crippen LogP contribution in [0.4, 0.5) is 0 Å². The lowest BCUT2D eigenvalue weighted by Gasteiger charge is -2.20. The summed E-state index contributed by atoms with van der Waals surface area (Å²) in [7, 11) is 0. The van der Waals surface area contributed by atoms with Crippen LogP contribution in [-0.2, 0) is 0 Å². The molecule has 0 bridgehead atoms. The van der Waals surface area contributed by atoms with Gasteiger partial charge in [0.2, 0.25) is 0 Å². The SMILES string of the molecule is Cc1cc(C)c(-c2c3ccccc3c(-c3ccc4cc(-c5cccc(-c6ccccc6)c5)ccc4c3)c3ccccc23)c(C)c1.Cc1cc(C)c(-c2c3ccccc3c(-c3ccc4cc(-c5ccccc5-c5ccccc5)ccc4c3)c3ccccc23)c(C)c1. The Morgan fingerprint density at radius 1 is 0.156 bits per heavy atom. The van der Waals surface area contributed by atoms with Gasteiger partial charge in [-0.05, 0) is 248 Å². The second-order valence-electron chi connectivity index (χ2n) is 24.6. The van der Waals surface area contributed by atoms with Crippen LogP contribution in [0.1, 0.15) is 33.4 Å². The second kappa shape index (κ2) is 23.3. The predicted molar refractivity (Wildman–Crippen MR) is 390 cm³/mol. The van der Waals surface area contributed by atoms with E-state index in [1.807, 2.05) is 0 Å². The lowest BCUT2D eigenvalue weighted by molar-refractivity contribution is 1.33. The molecular formula is C90H68. The number of fused-ring (bicyclic) bond motifs is 6. The molecule has 16 rings (SSSR count). The molecule has 16 aromatic rings. The fourth-order valence-electron chi connectivity index (χ4n) is 14.8. The molecule has 0 spiro atoms. The molecule has 0 heterocycles. The minimum atomic E-state index is 1.23. The molecule has 0 heteroatoms. The fraction of sp³-hybridized carbons (Fsp3) is 0.0667. The highest BCUT2D eigenvalue weighted by Crippen LogP contribution is 2.48. The molecule has 0 aromatic heterocycles. The van der Waals surface area contributed by atoms with E-state index >= 15 is 0 Å². The first-order valence-corrected chi connectivity index (χ1v) is 31.5. The van der Waals surface area contributed by atoms with E-state index in [0.29, 0.717) is 0 Å². The van der Waals surface area contributed by atoms with Gasteiger partial charge in [0.25, 0.3) is 0 Å². The van der Waals surface area contributed by atoms with Gasteiger partial charge in [-0.2, -0.15) is 0 Å². The first-order chi connectivity index (χ1) is 44.1. The lowest BCUT2D eigenvalue weighted by Crippen LogP contribution is -1.95. The van der Waals surface area contributed by atoms with E-state index in [1.165, 1.54) is 187 Å². The van der Waals surface area contributed by atoms with Crippen molar-refractivity contribution in [2.24, 2.45) is 0 Å². The molecule has 0 N–H and O–H groups in total. The van der Waals surface area contributed by atoms with Crippen molar-refractivity contribution >= 4 is 64.6 Å². The van der Waals surface area contributed by atoms with E-state index in [1.54, 1.807) is 0 Å². The van der Waals surface area contributed by atoms with E-state index in [2.05, 4.69) is 345 Å². The Morgan fingerprint density at radius 2 is 0.422 bits per heavy atom. The second-order valence-corrected chi connectivity index (χ2v) is 24.6. The summed E-state index contributed by atoms with van der Waals surface area (Å²) < 4.78 is 0. The van der Waals surface area contributed by atoms with E-state index in [-0.39, 0.29) is 0 Å². The number of aryl methyl sites for hydroxylation is 6. The number of hydrogen-bond donors (Lipinski definition) is 0. The van der Waals surface area contributed by atoms with Crippen molar-refractivity contribution in [2.45, 2.75) is 41.5 Å². The lowest BCUT2D eigenvalue weighted by atomic mass is 9.83. The van der Waals surface area contributed by atoms with Crippen LogP contribution in [0.5, 0.6) is 0 Å². The van der Waals surface area contributed by atoms with Gasteiger partial charge in [0.05, 0.1) is 0 Å². The molecule has 0 aliphatic carbocycles.